The minimum atomic E-state index is -2.23. The van der Waals surface area contributed by atoms with Crippen molar-refractivity contribution in [3.05, 3.63) is 0 Å². The zero-order valence-corrected chi connectivity index (χ0v) is 6.53. The maximum absolute atomic E-state index is 12.0. The largest absolute Gasteiger partial charge is 0.312 e. The Morgan fingerprint density at radius 1 is 1.40 bits per heavy atom. The maximum Gasteiger partial charge on any atom is 0.253 e. The van der Waals surface area contributed by atoms with E-state index in [0.29, 0.717) is 6.42 Å². The second-order valence-electron chi connectivity index (χ2n) is 2.37. The lowest BCUT2D eigenvalue weighted by Gasteiger charge is -2.13. The summed E-state index contributed by atoms with van der Waals surface area (Å²) in [5.74, 6) is 0. The number of halogens is 2. The number of hydrogen-bond acceptors (Lipinski definition) is 1. The van der Waals surface area contributed by atoms with Gasteiger partial charge in [0, 0.05) is 0 Å². The molecule has 0 amide bonds. The Balaban J connectivity index is 3.40. The van der Waals surface area contributed by atoms with Crippen molar-refractivity contribution in [3.63, 3.8) is 0 Å². The molecule has 0 fully saturated rings. The quantitative estimate of drug-likeness (QED) is 0.634. The van der Waals surface area contributed by atoms with Gasteiger partial charge in [-0.25, -0.2) is 8.78 Å². The standard InChI is InChI=1S/C7H15F2N/c1-3-4-5-6(10-2)7(8)9/h6-7,10H,3-5H2,1-2H3. The Morgan fingerprint density at radius 3 is 2.30 bits per heavy atom. The average molecular weight is 151 g/mol. The molecule has 10 heavy (non-hydrogen) atoms. The van der Waals surface area contributed by atoms with Crippen LogP contribution in [0.1, 0.15) is 26.2 Å². The predicted molar refractivity (Wildman–Crippen MR) is 38.4 cm³/mol. The molecule has 1 N–H and O–H groups in total. The summed E-state index contributed by atoms with van der Waals surface area (Å²) in [5, 5.41) is 2.59. The van der Waals surface area contributed by atoms with Gasteiger partial charge in [-0.2, -0.15) is 0 Å². The van der Waals surface area contributed by atoms with Crippen LogP contribution in [0.4, 0.5) is 8.78 Å². The first-order chi connectivity index (χ1) is 4.72. The molecule has 0 aromatic rings. The minimum absolute atomic E-state index is 0.574. The van der Waals surface area contributed by atoms with Gasteiger partial charge in [-0.3, -0.25) is 0 Å². The molecule has 1 atom stereocenters. The number of unbranched alkanes of at least 4 members (excludes halogenated alkanes) is 1. The Kier molecular flexibility index (Phi) is 5.49. The van der Waals surface area contributed by atoms with Crippen molar-refractivity contribution in [2.45, 2.75) is 38.7 Å². The third-order valence-electron chi connectivity index (χ3n) is 1.54. The van der Waals surface area contributed by atoms with Crippen LogP contribution in [0.25, 0.3) is 0 Å². The van der Waals surface area contributed by atoms with Gasteiger partial charge in [0.1, 0.15) is 0 Å². The van der Waals surface area contributed by atoms with E-state index in [4.69, 9.17) is 0 Å². The summed E-state index contributed by atoms with van der Waals surface area (Å²) >= 11 is 0. The second-order valence-corrected chi connectivity index (χ2v) is 2.37. The van der Waals surface area contributed by atoms with Crippen molar-refractivity contribution in [2.75, 3.05) is 7.05 Å². The van der Waals surface area contributed by atoms with Gasteiger partial charge >= 0.3 is 0 Å². The first-order valence-corrected chi connectivity index (χ1v) is 3.67. The van der Waals surface area contributed by atoms with Gasteiger partial charge < -0.3 is 5.32 Å². The molecule has 0 aliphatic rings. The highest BCUT2D eigenvalue weighted by Gasteiger charge is 2.16. The summed E-state index contributed by atoms with van der Waals surface area (Å²) in [7, 11) is 1.58. The summed E-state index contributed by atoms with van der Waals surface area (Å²) in [5.41, 5.74) is 0. The highest BCUT2D eigenvalue weighted by atomic mass is 19.3. The molecule has 0 saturated heterocycles. The van der Waals surface area contributed by atoms with Crippen LogP contribution in [0.3, 0.4) is 0 Å². The molecule has 0 bridgehead atoms. The monoisotopic (exact) mass is 151 g/mol. The van der Waals surface area contributed by atoms with E-state index in [-0.39, 0.29) is 0 Å². The normalized spacial score (nSPS) is 14.1. The van der Waals surface area contributed by atoms with Crippen LogP contribution < -0.4 is 5.32 Å². The third kappa shape index (κ3) is 3.77. The number of hydrogen-bond donors (Lipinski definition) is 1. The molecule has 0 aliphatic carbocycles. The van der Waals surface area contributed by atoms with E-state index in [0.717, 1.165) is 12.8 Å². The second kappa shape index (κ2) is 5.59. The van der Waals surface area contributed by atoms with Crippen molar-refractivity contribution in [3.8, 4) is 0 Å². The highest BCUT2D eigenvalue weighted by molar-refractivity contribution is 4.65. The summed E-state index contributed by atoms with van der Waals surface area (Å²) in [6.45, 7) is 2.00. The lowest BCUT2D eigenvalue weighted by atomic mass is 10.1. The van der Waals surface area contributed by atoms with Gasteiger partial charge in [0.05, 0.1) is 6.04 Å². The average Bonchev–Trinajstić information content (AvgIpc) is 1.89. The predicted octanol–water partition coefficient (Wildman–Crippen LogP) is 2.03. The van der Waals surface area contributed by atoms with E-state index < -0.39 is 12.5 Å². The Bertz CT molecular complexity index is 76.0. The fourth-order valence-electron chi connectivity index (χ4n) is 0.820. The van der Waals surface area contributed by atoms with Gasteiger partial charge in [0.15, 0.2) is 0 Å². The number of alkyl halides is 2. The van der Waals surface area contributed by atoms with Crippen molar-refractivity contribution in [1.82, 2.24) is 5.32 Å². The van der Waals surface area contributed by atoms with Crippen LogP contribution in [0.5, 0.6) is 0 Å². The molecule has 0 aromatic carbocycles. The van der Waals surface area contributed by atoms with Gasteiger partial charge in [-0.05, 0) is 13.5 Å². The van der Waals surface area contributed by atoms with E-state index in [1.165, 1.54) is 0 Å². The molecule has 62 valence electrons. The molecule has 0 heterocycles. The lowest BCUT2D eigenvalue weighted by Crippen LogP contribution is -2.32. The number of nitrogens with one attached hydrogen (secondary N) is 1. The zero-order valence-electron chi connectivity index (χ0n) is 6.53. The molecule has 0 spiro atoms. The first-order valence-electron chi connectivity index (χ1n) is 3.67. The van der Waals surface area contributed by atoms with E-state index in [2.05, 4.69) is 5.32 Å². The van der Waals surface area contributed by atoms with Gasteiger partial charge in [-0.1, -0.05) is 19.8 Å². The van der Waals surface area contributed by atoms with Crippen LogP contribution in [0, 0.1) is 0 Å². The van der Waals surface area contributed by atoms with Crippen molar-refractivity contribution in [2.24, 2.45) is 0 Å². The molecule has 0 saturated carbocycles. The van der Waals surface area contributed by atoms with Gasteiger partial charge in [-0.15, -0.1) is 0 Å². The Hall–Kier alpha value is -0.180. The highest BCUT2D eigenvalue weighted by Crippen LogP contribution is 2.08. The van der Waals surface area contributed by atoms with Crippen molar-refractivity contribution in [1.29, 1.82) is 0 Å². The van der Waals surface area contributed by atoms with Crippen LogP contribution in [-0.4, -0.2) is 19.5 Å². The van der Waals surface area contributed by atoms with E-state index >= 15 is 0 Å². The van der Waals surface area contributed by atoms with E-state index in [1.54, 1.807) is 7.05 Å². The van der Waals surface area contributed by atoms with E-state index in [9.17, 15) is 8.78 Å². The molecule has 0 radical (unpaired) electrons. The summed E-state index contributed by atoms with van der Waals surface area (Å²) in [4.78, 5) is 0. The third-order valence-corrected chi connectivity index (χ3v) is 1.54. The Morgan fingerprint density at radius 2 is 2.00 bits per heavy atom. The molecule has 1 unspecified atom stereocenters. The van der Waals surface area contributed by atoms with Crippen molar-refractivity contribution < 1.29 is 8.78 Å². The van der Waals surface area contributed by atoms with E-state index in [1.807, 2.05) is 6.92 Å². The molecule has 0 aromatic heterocycles. The maximum atomic E-state index is 12.0. The van der Waals surface area contributed by atoms with Crippen LogP contribution >= 0.6 is 0 Å². The topological polar surface area (TPSA) is 12.0 Å². The van der Waals surface area contributed by atoms with Crippen LogP contribution in [-0.2, 0) is 0 Å². The first kappa shape index (κ1) is 9.82. The summed E-state index contributed by atoms with van der Waals surface area (Å²) < 4.78 is 23.9. The minimum Gasteiger partial charge on any atom is -0.312 e. The molecule has 0 aliphatic heterocycles. The molecular weight excluding hydrogens is 136 g/mol. The van der Waals surface area contributed by atoms with Gasteiger partial charge in [0.25, 0.3) is 6.43 Å². The smallest absolute Gasteiger partial charge is 0.253 e. The molecule has 0 rings (SSSR count). The van der Waals surface area contributed by atoms with Crippen molar-refractivity contribution >= 4 is 0 Å². The number of rotatable bonds is 5. The van der Waals surface area contributed by atoms with Crippen LogP contribution in [0.2, 0.25) is 0 Å². The summed E-state index contributed by atoms with van der Waals surface area (Å²) in [6, 6.07) is -0.611. The van der Waals surface area contributed by atoms with Gasteiger partial charge in [0.2, 0.25) is 0 Å². The summed E-state index contributed by atoms with van der Waals surface area (Å²) in [6.07, 6.45) is 0.197. The molecule has 3 heteroatoms. The molecular formula is C7H15F2N. The fraction of sp³-hybridized carbons (Fsp3) is 1.00. The van der Waals surface area contributed by atoms with Crippen LogP contribution in [0.15, 0.2) is 0 Å². The zero-order chi connectivity index (χ0) is 7.98. The Labute approximate surface area is 60.8 Å². The lowest BCUT2D eigenvalue weighted by molar-refractivity contribution is 0.0968. The molecule has 1 nitrogen and oxygen atoms in total. The fourth-order valence-corrected chi connectivity index (χ4v) is 0.820. The SMILES string of the molecule is CCCCC(NC)C(F)F.